The third-order valence-electron chi connectivity index (χ3n) is 3.78. The highest BCUT2D eigenvalue weighted by Gasteiger charge is 2.19. The van der Waals surface area contributed by atoms with Gasteiger partial charge < -0.3 is 9.64 Å². The van der Waals surface area contributed by atoms with Crippen molar-refractivity contribution in [2.75, 3.05) is 20.2 Å². The van der Waals surface area contributed by atoms with E-state index in [1.54, 1.807) is 24.0 Å². The number of nitrogens with zero attached hydrogens (tertiary/aromatic N) is 1. The van der Waals surface area contributed by atoms with Gasteiger partial charge in [-0.15, -0.1) is 6.58 Å². The van der Waals surface area contributed by atoms with Crippen LogP contribution in [0.4, 0.5) is 0 Å². The molecule has 0 spiro atoms. The molecule has 4 nitrogen and oxygen atoms in total. The number of ether oxygens (including phenoxy) is 1. The second kappa shape index (κ2) is 9.71. The third-order valence-corrected chi connectivity index (χ3v) is 3.78. The number of hydrogen-bond donors (Lipinski definition) is 0. The summed E-state index contributed by atoms with van der Waals surface area (Å²) < 4.78 is 4.71. The minimum absolute atomic E-state index is 0.154. The lowest BCUT2D eigenvalue weighted by atomic mass is 10.0. The largest absolute Gasteiger partial charge is 0.469 e. The van der Waals surface area contributed by atoms with E-state index in [2.05, 4.69) is 32.6 Å². The lowest BCUT2D eigenvalue weighted by Crippen LogP contribution is -2.36. The maximum atomic E-state index is 12.4. The van der Waals surface area contributed by atoms with Gasteiger partial charge in [0.2, 0.25) is 5.91 Å². The molecule has 24 heavy (non-hydrogen) atoms. The summed E-state index contributed by atoms with van der Waals surface area (Å²) in [7, 11) is 1.35. The maximum absolute atomic E-state index is 12.4. The summed E-state index contributed by atoms with van der Waals surface area (Å²) in [6, 6.07) is 8.12. The molecule has 0 radical (unpaired) electrons. The van der Waals surface area contributed by atoms with Crippen LogP contribution < -0.4 is 0 Å². The summed E-state index contributed by atoms with van der Waals surface area (Å²) in [5, 5.41) is 0. The second-order valence-corrected chi connectivity index (χ2v) is 6.11. The molecule has 1 unspecified atom stereocenters. The predicted molar refractivity (Wildman–Crippen MR) is 97.5 cm³/mol. The van der Waals surface area contributed by atoms with E-state index in [0.717, 1.165) is 5.56 Å². The van der Waals surface area contributed by atoms with Gasteiger partial charge in [-0.25, -0.2) is 0 Å². The Hall–Kier alpha value is -2.36. The predicted octanol–water partition coefficient (Wildman–Crippen LogP) is 3.65. The molecule has 0 aliphatic carbocycles. The van der Waals surface area contributed by atoms with Gasteiger partial charge >= 0.3 is 5.97 Å². The van der Waals surface area contributed by atoms with Crippen molar-refractivity contribution in [3.8, 4) is 0 Å². The minimum Gasteiger partial charge on any atom is -0.469 e. The van der Waals surface area contributed by atoms with Gasteiger partial charge in [0, 0.05) is 19.2 Å². The van der Waals surface area contributed by atoms with Crippen molar-refractivity contribution in [3.63, 3.8) is 0 Å². The van der Waals surface area contributed by atoms with E-state index in [-0.39, 0.29) is 17.8 Å². The fourth-order valence-electron chi connectivity index (χ4n) is 2.28. The Labute approximate surface area is 144 Å². The number of amides is 1. The van der Waals surface area contributed by atoms with E-state index < -0.39 is 0 Å². The zero-order chi connectivity index (χ0) is 18.1. The first-order valence-corrected chi connectivity index (χ1v) is 8.14. The molecule has 0 bridgehead atoms. The lowest BCUT2D eigenvalue weighted by molar-refractivity contribution is -0.145. The second-order valence-electron chi connectivity index (χ2n) is 6.11. The van der Waals surface area contributed by atoms with Gasteiger partial charge in [0.25, 0.3) is 0 Å². The third kappa shape index (κ3) is 6.03. The Morgan fingerprint density at radius 2 is 1.83 bits per heavy atom. The minimum atomic E-state index is -0.377. The fraction of sp³-hybridized carbons (Fsp3) is 0.400. The Morgan fingerprint density at radius 1 is 1.21 bits per heavy atom. The van der Waals surface area contributed by atoms with Crippen LogP contribution in [-0.2, 0) is 14.3 Å². The average molecular weight is 329 g/mol. The Morgan fingerprint density at radius 3 is 2.33 bits per heavy atom. The van der Waals surface area contributed by atoms with Crippen molar-refractivity contribution < 1.29 is 14.3 Å². The number of benzene rings is 1. The van der Waals surface area contributed by atoms with Crippen LogP contribution in [0.1, 0.15) is 37.8 Å². The van der Waals surface area contributed by atoms with Crippen LogP contribution in [0.2, 0.25) is 0 Å². The average Bonchev–Trinajstić information content (AvgIpc) is 2.58. The molecule has 0 N–H and O–H groups in total. The highest BCUT2D eigenvalue weighted by molar-refractivity contribution is 5.92. The molecule has 1 atom stereocenters. The highest BCUT2D eigenvalue weighted by atomic mass is 16.5. The molecule has 0 saturated heterocycles. The summed E-state index contributed by atoms with van der Waals surface area (Å²) in [6.45, 7) is 10.4. The smallest absolute Gasteiger partial charge is 0.310 e. The van der Waals surface area contributed by atoms with Crippen LogP contribution in [0, 0.1) is 5.92 Å². The molecule has 0 aromatic heterocycles. The van der Waals surface area contributed by atoms with Crippen LogP contribution in [0.15, 0.2) is 43.0 Å². The molecule has 1 rings (SSSR count). The molecule has 0 aliphatic heterocycles. The van der Waals surface area contributed by atoms with Crippen LogP contribution in [-0.4, -0.2) is 37.0 Å². The van der Waals surface area contributed by atoms with Crippen molar-refractivity contribution in [2.45, 2.75) is 26.7 Å². The number of carbonyl (C=O) groups is 2. The summed E-state index contributed by atoms with van der Waals surface area (Å²) in [5.74, 6) is -0.381. The van der Waals surface area contributed by atoms with Gasteiger partial charge in [0.1, 0.15) is 0 Å². The van der Waals surface area contributed by atoms with Crippen LogP contribution in [0.5, 0.6) is 0 Å². The molecule has 0 saturated carbocycles. The molecule has 0 heterocycles. The van der Waals surface area contributed by atoms with E-state index >= 15 is 0 Å². The molecule has 1 aromatic carbocycles. The zero-order valence-corrected chi connectivity index (χ0v) is 15.0. The van der Waals surface area contributed by atoms with E-state index in [1.165, 1.54) is 18.7 Å². The molecule has 4 heteroatoms. The standard InChI is InChI=1S/C20H27NO3/c1-6-13-21(14-16(4)20(23)24-5)19(22)12-9-17-7-10-18(11-8-17)15(2)3/h6-12,15-16H,1,13-14H2,2-5H3/b12-9+. The SMILES string of the molecule is C=CCN(CC(C)C(=O)OC)C(=O)/C=C/c1ccc(C(C)C)cc1. The number of rotatable bonds is 8. The van der Waals surface area contributed by atoms with Crippen molar-refractivity contribution in [1.82, 2.24) is 4.90 Å². The normalized spacial score (nSPS) is 12.2. The highest BCUT2D eigenvalue weighted by Crippen LogP contribution is 2.15. The van der Waals surface area contributed by atoms with Crippen molar-refractivity contribution >= 4 is 18.0 Å². The number of methoxy groups -OCH3 is 1. The summed E-state index contributed by atoms with van der Waals surface area (Å²) >= 11 is 0. The van der Waals surface area contributed by atoms with Crippen molar-refractivity contribution in [2.24, 2.45) is 5.92 Å². The number of hydrogen-bond acceptors (Lipinski definition) is 3. The van der Waals surface area contributed by atoms with Gasteiger partial charge in [-0.3, -0.25) is 9.59 Å². The Bertz CT molecular complexity index is 587. The zero-order valence-electron chi connectivity index (χ0n) is 15.0. The Balaban J connectivity index is 2.76. The van der Waals surface area contributed by atoms with Crippen molar-refractivity contribution in [1.29, 1.82) is 0 Å². The molecule has 0 aliphatic rings. The molecule has 0 fully saturated rings. The fourth-order valence-corrected chi connectivity index (χ4v) is 2.28. The first-order valence-electron chi connectivity index (χ1n) is 8.14. The van der Waals surface area contributed by atoms with E-state index in [1.807, 2.05) is 12.1 Å². The number of esters is 1. The van der Waals surface area contributed by atoms with Gasteiger partial charge in [-0.1, -0.05) is 51.1 Å². The molecule has 1 aromatic rings. The first kappa shape index (κ1) is 19.7. The monoisotopic (exact) mass is 329 g/mol. The van der Waals surface area contributed by atoms with E-state index in [9.17, 15) is 9.59 Å². The van der Waals surface area contributed by atoms with Crippen LogP contribution in [0.25, 0.3) is 6.08 Å². The maximum Gasteiger partial charge on any atom is 0.310 e. The van der Waals surface area contributed by atoms with Crippen molar-refractivity contribution in [3.05, 3.63) is 54.1 Å². The lowest BCUT2D eigenvalue weighted by Gasteiger charge is -2.22. The molecular formula is C20H27NO3. The van der Waals surface area contributed by atoms with Gasteiger partial charge in [-0.2, -0.15) is 0 Å². The summed E-state index contributed by atoms with van der Waals surface area (Å²) in [5.41, 5.74) is 2.23. The molecule has 1 amide bonds. The van der Waals surface area contributed by atoms with Gasteiger partial charge in [0.05, 0.1) is 13.0 Å². The van der Waals surface area contributed by atoms with Gasteiger partial charge in [-0.05, 0) is 23.1 Å². The quantitative estimate of drug-likeness (QED) is 0.415. The first-order chi connectivity index (χ1) is 11.4. The van der Waals surface area contributed by atoms with Crippen LogP contribution in [0.3, 0.4) is 0 Å². The van der Waals surface area contributed by atoms with Crippen LogP contribution >= 0.6 is 0 Å². The topological polar surface area (TPSA) is 46.6 Å². The summed E-state index contributed by atoms with van der Waals surface area (Å²) in [6.07, 6.45) is 4.95. The number of carbonyl (C=O) groups excluding carboxylic acids is 2. The van der Waals surface area contributed by atoms with Gasteiger partial charge in [0.15, 0.2) is 0 Å². The molecule has 130 valence electrons. The van der Waals surface area contributed by atoms with E-state index in [4.69, 9.17) is 4.74 Å². The molecular weight excluding hydrogens is 302 g/mol. The van der Waals surface area contributed by atoms with E-state index in [0.29, 0.717) is 19.0 Å². The Kier molecular flexibility index (Phi) is 7.96. The summed E-state index contributed by atoms with van der Waals surface area (Å²) in [4.78, 5) is 25.5.